The number of nitrogens with one attached hydrogen (secondary N) is 2. The molecule has 1 fully saturated rings. The van der Waals surface area contributed by atoms with E-state index in [0.717, 1.165) is 50.6 Å². The van der Waals surface area contributed by atoms with Gasteiger partial charge in [-0.3, -0.25) is 0 Å². The minimum atomic E-state index is -0.436. The molecule has 1 aromatic carbocycles. The highest BCUT2D eigenvalue weighted by molar-refractivity contribution is 5.35. The first-order valence-corrected chi connectivity index (χ1v) is 8.24. The van der Waals surface area contributed by atoms with E-state index in [9.17, 15) is 5.11 Å². The number of hydrogen-bond acceptors (Lipinski definition) is 3. The van der Waals surface area contributed by atoms with E-state index in [1.54, 1.807) is 0 Å². The molecule has 0 aliphatic carbocycles. The van der Waals surface area contributed by atoms with Gasteiger partial charge in [-0.25, -0.2) is 0 Å². The van der Waals surface area contributed by atoms with E-state index in [1.807, 2.05) is 26.0 Å². The third-order valence-corrected chi connectivity index (χ3v) is 4.43. The molecule has 0 bridgehead atoms. The quantitative estimate of drug-likeness (QED) is 0.463. The van der Waals surface area contributed by atoms with Gasteiger partial charge in [0.25, 0.3) is 0 Å². The third-order valence-electron chi connectivity index (χ3n) is 4.43. The molecule has 4 N–H and O–H groups in total. The molecule has 5 nitrogen and oxygen atoms in total. The van der Waals surface area contributed by atoms with Gasteiger partial charge in [0.1, 0.15) is 57.7 Å². The second-order valence-corrected chi connectivity index (χ2v) is 6.41. The summed E-state index contributed by atoms with van der Waals surface area (Å²) in [5, 5.41) is 19.2. The van der Waals surface area contributed by atoms with Crippen molar-refractivity contribution in [3.8, 4) is 5.75 Å². The van der Waals surface area contributed by atoms with E-state index in [1.165, 1.54) is 15.4 Å². The third kappa shape index (κ3) is 5.25. The van der Waals surface area contributed by atoms with Crippen LogP contribution in [-0.4, -0.2) is 68.8 Å². The van der Waals surface area contributed by atoms with E-state index >= 15 is 0 Å². The zero-order valence-corrected chi connectivity index (χ0v) is 13.8. The summed E-state index contributed by atoms with van der Waals surface area (Å²) >= 11 is 0. The number of aryl methyl sites for hydroxylation is 2. The maximum Gasteiger partial charge on any atom is 0.137 e. The zero-order valence-electron chi connectivity index (χ0n) is 13.8. The van der Waals surface area contributed by atoms with Gasteiger partial charge in [-0.05, 0) is 31.0 Å². The van der Waals surface area contributed by atoms with Crippen LogP contribution in [0.15, 0.2) is 18.2 Å². The number of benzene rings is 1. The number of quaternary nitrogens is 2. The standard InChI is InChI=1S/C17H28N2O3/c1-14-3-4-15(2)17(11-14)22-13-16(21)12-19-7-5-18(6-8-19)9-10-20/h3-4,11,16,20-21H,5-10,12-13H2,1-2H3/p+2/t16-/m0/s1. The summed E-state index contributed by atoms with van der Waals surface area (Å²) in [6, 6.07) is 6.13. The van der Waals surface area contributed by atoms with Gasteiger partial charge in [0.05, 0.1) is 6.61 Å². The van der Waals surface area contributed by atoms with Gasteiger partial charge < -0.3 is 24.7 Å². The number of rotatable bonds is 7. The second-order valence-electron chi connectivity index (χ2n) is 6.41. The van der Waals surface area contributed by atoms with Crippen LogP contribution in [-0.2, 0) is 0 Å². The minimum Gasteiger partial charge on any atom is -0.490 e. The molecular weight excluding hydrogens is 280 g/mol. The van der Waals surface area contributed by atoms with Crippen LogP contribution in [0.5, 0.6) is 5.75 Å². The molecule has 0 aromatic heterocycles. The lowest BCUT2D eigenvalue weighted by Crippen LogP contribution is -3.28. The van der Waals surface area contributed by atoms with Gasteiger partial charge >= 0.3 is 0 Å². The molecule has 1 aliphatic heterocycles. The molecule has 0 saturated carbocycles. The SMILES string of the molecule is Cc1ccc(C)c(OC[C@@H](O)C[NH+]2CC[NH+](CCO)CC2)c1. The van der Waals surface area contributed by atoms with Crippen LogP contribution < -0.4 is 14.5 Å². The summed E-state index contributed by atoms with van der Waals surface area (Å²) in [7, 11) is 0. The Morgan fingerprint density at radius 1 is 1.14 bits per heavy atom. The first-order valence-electron chi connectivity index (χ1n) is 8.24. The lowest BCUT2D eigenvalue weighted by atomic mass is 10.1. The topological polar surface area (TPSA) is 58.6 Å². The molecular formula is C17H30N2O3+2. The molecule has 1 aliphatic rings. The molecule has 0 spiro atoms. The van der Waals surface area contributed by atoms with E-state index in [4.69, 9.17) is 9.84 Å². The van der Waals surface area contributed by atoms with E-state index in [0.29, 0.717) is 6.61 Å². The van der Waals surface area contributed by atoms with Crippen LogP contribution in [0.1, 0.15) is 11.1 Å². The number of aliphatic hydroxyl groups excluding tert-OH is 2. The Morgan fingerprint density at radius 3 is 2.50 bits per heavy atom. The smallest absolute Gasteiger partial charge is 0.137 e. The van der Waals surface area contributed by atoms with Crippen molar-refractivity contribution in [1.82, 2.24) is 0 Å². The molecule has 2 rings (SSSR count). The summed E-state index contributed by atoms with van der Waals surface area (Å²) in [5.41, 5.74) is 2.27. The molecule has 0 unspecified atom stereocenters. The number of piperazine rings is 1. The lowest BCUT2D eigenvalue weighted by Gasteiger charge is -2.30. The fourth-order valence-electron chi connectivity index (χ4n) is 3.01. The highest BCUT2D eigenvalue weighted by Crippen LogP contribution is 2.19. The van der Waals surface area contributed by atoms with Crippen LogP contribution in [0.25, 0.3) is 0 Å². The Kier molecular flexibility index (Phi) is 6.64. The second kappa shape index (κ2) is 8.48. The average Bonchev–Trinajstić information content (AvgIpc) is 2.50. The van der Waals surface area contributed by atoms with Crippen molar-refractivity contribution in [2.24, 2.45) is 0 Å². The molecule has 0 radical (unpaired) electrons. The lowest BCUT2D eigenvalue weighted by molar-refractivity contribution is -1.01. The molecule has 0 amide bonds. The predicted octanol–water partition coefficient (Wildman–Crippen LogP) is -2.18. The van der Waals surface area contributed by atoms with Crippen LogP contribution >= 0.6 is 0 Å². The summed E-state index contributed by atoms with van der Waals surface area (Å²) < 4.78 is 5.78. The molecule has 124 valence electrons. The molecule has 1 atom stereocenters. The molecule has 5 heteroatoms. The molecule has 1 aromatic rings. The van der Waals surface area contributed by atoms with Crippen LogP contribution in [0.4, 0.5) is 0 Å². The van der Waals surface area contributed by atoms with Crippen LogP contribution in [0, 0.1) is 13.8 Å². The molecule has 1 saturated heterocycles. The average molecular weight is 310 g/mol. The molecule has 22 heavy (non-hydrogen) atoms. The first-order chi connectivity index (χ1) is 10.6. The highest BCUT2D eigenvalue weighted by Gasteiger charge is 2.24. The van der Waals surface area contributed by atoms with E-state index in [-0.39, 0.29) is 6.61 Å². The van der Waals surface area contributed by atoms with Gasteiger partial charge in [-0.1, -0.05) is 12.1 Å². The maximum atomic E-state index is 10.2. The highest BCUT2D eigenvalue weighted by atomic mass is 16.5. The van der Waals surface area contributed by atoms with Gasteiger partial charge in [0, 0.05) is 0 Å². The Morgan fingerprint density at radius 2 is 1.82 bits per heavy atom. The van der Waals surface area contributed by atoms with Gasteiger partial charge in [0.2, 0.25) is 0 Å². The predicted molar refractivity (Wildman–Crippen MR) is 85.6 cm³/mol. The largest absolute Gasteiger partial charge is 0.490 e. The maximum absolute atomic E-state index is 10.2. The van der Waals surface area contributed by atoms with Crippen LogP contribution in [0.3, 0.4) is 0 Å². The first kappa shape index (κ1) is 17.2. The monoisotopic (exact) mass is 310 g/mol. The summed E-state index contributed by atoms with van der Waals surface area (Å²) in [6.45, 7) is 10.5. The Hall–Kier alpha value is -1.14. The van der Waals surface area contributed by atoms with Crippen LogP contribution in [0.2, 0.25) is 0 Å². The Balaban J connectivity index is 1.72. The fraction of sp³-hybridized carbons (Fsp3) is 0.647. The van der Waals surface area contributed by atoms with Crippen molar-refractivity contribution in [1.29, 1.82) is 0 Å². The minimum absolute atomic E-state index is 0.261. The van der Waals surface area contributed by atoms with Crippen molar-refractivity contribution < 1.29 is 24.7 Å². The fourth-order valence-corrected chi connectivity index (χ4v) is 3.01. The normalized spacial score (nSPS) is 23.3. The Bertz CT molecular complexity index is 459. The van der Waals surface area contributed by atoms with Crippen molar-refractivity contribution in [2.75, 3.05) is 52.5 Å². The number of aliphatic hydroxyl groups is 2. The molecule has 1 heterocycles. The van der Waals surface area contributed by atoms with Gasteiger partial charge in [0.15, 0.2) is 0 Å². The van der Waals surface area contributed by atoms with Crippen molar-refractivity contribution in [2.45, 2.75) is 20.0 Å². The Labute approximate surface area is 133 Å². The summed E-state index contributed by atoms with van der Waals surface area (Å²) in [6.07, 6.45) is -0.436. The van der Waals surface area contributed by atoms with Crippen molar-refractivity contribution in [3.05, 3.63) is 29.3 Å². The van der Waals surface area contributed by atoms with Crippen molar-refractivity contribution >= 4 is 0 Å². The van der Waals surface area contributed by atoms with Gasteiger partial charge in [-0.15, -0.1) is 0 Å². The number of hydrogen-bond donors (Lipinski definition) is 4. The van der Waals surface area contributed by atoms with E-state index in [2.05, 4.69) is 6.07 Å². The summed E-state index contributed by atoms with van der Waals surface area (Å²) in [4.78, 5) is 2.89. The van der Waals surface area contributed by atoms with E-state index < -0.39 is 6.10 Å². The zero-order chi connectivity index (χ0) is 15.9. The number of ether oxygens (including phenoxy) is 1. The van der Waals surface area contributed by atoms with Crippen molar-refractivity contribution in [3.63, 3.8) is 0 Å². The van der Waals surface area contributed by atoms with Gasteiger partial charge in [-0.2, -0.15) is 0 Å². The summed E-state index contributed by atoms with van der Waals surface area (Å²) in [5.74, 6) is 0.867.